The topological polar surface area (TPSA) is 72.5 Å². The van der Waals surface area contributed by atoms with Crippen LogP contribution in [0.15, 0.2) is 47.4 Å². The summed E-state index contributed by atoms with van der Waals surface area (Å²) >= 11 is 0. The number of ether oxygens (including phenoxy) is 1. The molecule has 0 aliphatic rings. The van der Waals surface area contributed by atoms with Gasteiger partial charge in [-0.15, -0.1) is 0 Å². The molecule has 2 aromatic carbocycles. The Kier molecular flexibility index (Phi) is 4.51. The maximum absolute atomic E-state index is 12.3. The van der Waals surface area contributed by atoms with Gasteiger partial charge in [-0.3, -0.25) is 4.79 Å². The third-order valence-electron chi connectivity index (χ3n) is 3.23. The van der Waals surface area contributed by atoms with Crippen LogP contribution in [0, 0.1) is 6.92 Å². The molecule has 22 heavy (non-hydrogen) atoms. The maximum atomic E-state index is 12.3. The molecule has 1 N–H and O–H groups in total. The molecule has 0 saturated carbocycles. The van der Waals surface area contributed by atoms with E-state index in [1.165, 1.54) is 12.1 Å². The predicted molar refractivity (Wildman–Crippen MR) is 85.2 cm³/mol. The zero-order valence-corrected chi connectivity index (χ0v) is 13.4. The van der Waals surface area contributed by atoms with E-state index in [1.807, 2.05) is 0 Å². The van der Waals surface area contributed by atoms with Crippen LogP contribution in [0.5, 0.6) is 5.75 Å². The standard InChI is InChI=1S/C16H17NO4S/c1-11-4-9-14(22(3,19)20)10-15(11)16(18)17-12-5-7-13(21-2)8-6-12/h4-10H,1-3H3,(H,17,18). The average molecular weight is 319 g/mol. The lowest BCUT2D eigenvalue weighted by Gasteiger charge is -2.10. The molecule has 5 nitrogen and oxygen atoms in total. The number of rotatable bonds is 4. The van der Waals surface area contributed by atoms with Gasteiger partial charge in [0.25, 0.3) is 5.91 Å². The normalized spacial score (nSPS) is 11.0. The Bertz CT molecular complexity index is 795. The molecule has 0 bridgehead atoms. The molecule has 0 heterocycles. The molecule has 0 atom stereocenters. The van der Waals surface area contributed by atoms with E-state index in [0.717, 1.165) is 6.26 Å². The first-order valence-electron chi connectivity index (χ1n) is 6.57. The summed E-state index contributed by atoms with van der Waals surface area (Å²) in [5, 5.41) is 2.74. The Balaban J connectivity index is 2.28. The van der Waals surface area contributed by atoms with E-state index < -0.39 is 9.84 Å². The number of benzene rings is 2. The lowest BCUT2D eigenvalue weighted by molar-refractivity contribution is 0.102. The van der Waals surface area contributed by atoms with E-state index in [-0.39, 0.29) is 10.8 Å². The van der Waals surface area contributed by atoms with Crippen molar-refractivity contribution in [2.75, 3.05) is 18.7 Å². The van der Waals surface area contributed by atoms with Crippen LogP contribution in [0.4, 0.5) is 5.69 Å². The molecule has 0 aromatic heterocycles. The molecular weight excluding hydrogens is 302 g/mol. The summed E-state index contributed by atoms with van der Waals surface area (Å²) in [5.41, 5.74) is 1.65. The Morgan fingerprint density at radius 2 is 1.73 bits per heavy atom. The summed E-state index contributed by atoms with van der Waals surface area (Å²) in [5.74, 6) is 0.335. The Hall–Kier alpha value is -2.34. The largest absolute Gasteiger partial charge is 0.497 e. The number of nitrogens with one attached hydrogen (secondary N) is 1. The molecule has 116 valence electrons. The second-order valence-electron chi connectivity index (χ2n) is 4.93. The molecule has 0 saturated heterocycles. The Morgan fingerprint density at radius 1 is 1.09 bits per heavy atom. The second kappa shape index (κ2) is 6.19. The average Bonchev–Trinajstić information content (AvgIpc) is 2.47. The van der Waals surface area contributed by atoms with Crippen molar-refractivity contribution < 1.29 is 17.9 Å². The minimum absolute atomic E-state index is 0.123. The number of hydrogen-bond donors (Lipinski definition) is 1. The third-order valence-corrected chi connectivity index (χ3v) is 4.34. The number of methoxy groups -OCH3 is 1. The van der Waals surface area contributed by atoms with Crippen molar-refractivity contribution in [1.29, 1.82) is 0 Å². The Labute approximate surface area is 129 Å². The van der Waals surface area contributed by atoms with Crippen LogP contribution in [-0.4, -0.2) is 27.7 Å². The monoisotopic (exact) mass is 319 g/mol. The fourth-order valence-corrected chi connectivity index (χ4v) is 2.60. The first-order chi connectivity index (χ1) is 10.3. The van der Waals surface area contributed by atoms with Crippen molar-refractivity contribution in [3.8, 4) is 5.75 Å². The van der Waals surface area contributed by atoms with Gasteiger partial charge in [0.15, 0.2) is 9.84 Å². The lowest BCUT2D eigenvalue weighted by Crippen LogP contribution is -2.14. The number of carbonyl (C=O) groups is 1. The SMILES string of the molecule is COc1ccc(NC(=O)c2cc(S(C)(=O)=O)ccc2C)cc1. The fourth-order valence-electron chi connectivity index (χ4n) is 1.95. The number of sulfone groups is 1. The van der Waals surface area contributed by atoms with Crippen LogP contribution in [0.2, 0.25) is 0 Å². The van der Waals surface area contributed by atoms with Crippen LogP contribution in [0.1, 0.15) is 15.9 Å². The smallest absolute Gasteiger partial charge is 0.255 e. The van der Waals surface area contributed by atoms with E-state index >= 15 is 0 Å². The van der Waals surface area contributed by atoms with Gasteiger partial charge < -0.3 is 10.1 Å². The summed E-state index contributed by atoms with van der Waals surface area (Å²) in [7, 11) is -1.79. The molecule has 0 spiro atoms. The molecule has 1 amide bonds. The van der Waals surface area contributed by atoms with Crippen LogP contribution in [0.3, 0.4) is 0 Å². The van der Waals surface area contributed by atoms with Crippen LogP contribution in [0.25, 0.3) is 0 Å². The van der Waals surface area contributed by atoms with Gasteiger partial charge in [-0.2, -0.15) is 0 Å². The molecule has 2 aromatic rings. The van der Waals surface area contributed by atoms with Gasteiger partial charge in [0, 0.05) is 17.5 Å². The van der Waals surface area contributed by atoms with Gasteiger partial charge >= 0.3 is 0 Å². The van der Waals surface area contributed by atoms with Gasteiger partial charge in [0.1, 0.15) is 5.75 Å². The fraction of sp³-hybridized carbons (Fsp3) is 0.188. The summed E-state index contributed by atoms with van der Waals surface area (Å²) in [6, 6.07) is 11.4. The van der Waals surface area contributed by atoms with E-state index in [4.69, 9.17) is 4.74 Å². The highest BCUT2D eigenvalue weighted by atomic mass is 32.2. The molecule has 0 unspecified atom stereocenters. The first-order valence-corrected chi connectivity index (χ1v) is 8.46. The van der Waals surface area contributed by atoms with Gasteiger partial charge in [-0.05, 0) is 48.9 Å². The minimum Gasteiger partial charge on any atom is -0.497 e. The number of hydrogen-bond acceptors (Lipinski definition) is 4. The third kappa shape index (κ3) is 3.65. The van der Waals surface area contributed by atoms with E-state index in [1.54, 1.807) is 44.4 Å². The van der Waals surface area contributed by atoms with Gasteiger partial charge in [0.05, 0.1) is 12.0 Å². The van der Waals surface area contributed by atoms with Crippen molar-refractivity contribution in [2.24, 2.45) is 0 Å². The highest BCUT2D eigenvalue weighted by molar-refractivity contribution is 7.90. The maximum Gasteiger partial charge on any atom is 0.255 e. The van der Waals surface area contributed by atoms with Crippen LogP contribution in [-0.2, 0) is 9.84 Å². The van der Waals surface area contributed by atoms with Gasteiger partial charge in [0.2, 0.25) is 0 Å². The van der Waals surface area contributed by atoms with Crippen LogP contribution < -0.4 is 10.1 Å². The van der Waals surface area contributed by atoms with Crippen molar-refractivity contribution >= 4 is 21.4 Å². The Morgan fingerprint density at radius 3 is 2.27 bits per heavy atom. The lowest BCUT2D eigenvalue weighted by atomic mass is 10.1. The number of anilines is 1. The highest BCUT2D eigenvalue weighted by Crippen LogP contribution is 2.19. The van der Waals surface area contributed by atoms with E-state index in [2.05, 4.69) is 5.32 Å². The van der Waals surface area contributed by atoms with Crippen molar-refractivity contribution in [1.82, 2.24) is 0 Å². The zero-order chi connectivity index (χ0) is 16.3. The quantitative estimate of drug-likeness (QED) is 0.940. The summed E-state index contributed by atoms with van der Waals surface area (Å²) in [4.78, 5) is 12.5. The summed E-state index contributed by atoms with van der Waals surface area (Å²) in [6.07, 6.45) is 1.11. The molecule has 0 aliphatic heterocycles. The summed E-state index contributed by atoms with van der Waals surface area (Å²) in [6.45, 7) is 1.76. The molecule has 0 aliphatic carbocycles. The van der Waals surface area contributed by atoms with E-state index in [9.17, 15) is 13.2 Å². The van der Waals surface area contributed by atoms with Crippen molar-refractivity contribution in [3.63, 3.8) is 0 Å². The van der Waals surface area contributed by atoms with Gasteiger partial charge in [-0.1, -0.05) is 6.07 Å². The number of carbonyl (C=O) groups excluding carboxylic acids is 1. The zero-order valence-electron chi connectivity index (χ0n) is 12.6. The predicted octanol–water partition coefficient (Wildman–Crippen LogP) is 2.66. The first kappa shape index (κ1) is 16.0. The number of amides is 1. The molecular formula is C16H17NO4S. The van der Waals surface area contributed by atoms with Crippen LogP contribution >= 0.6 is 0 Å². The molecule has 0 fully saturated rings. The van der Waals surface area contributed by atoms with Gasteiger partial charge in [-0.25, -0.2) is 8.42 Å². The number of aryl methyl sites for hydroxylation is 1. The molecule has 0 radical (unpaired) electrons. The second-order valence-corrected chi connectivity index (χ2v) is 6.95. The molecule has 6 heteroatoms. The highest BCUT2D eigenvalue weighted by Gasteiger charge is 2.14. The minimum atomic E-state index is -3.35. The molecule has 2 rings (SSSR count). The summed E-state index contributed by atoms with van der Waals surface area (Å²) < 4.78 is 28.3. The van der Waals surface area contributed by atoms with E-state index in [0.29, 0.717) is 22.6 Å². The van der Waals surface area contributed by atoms with Crippen molar-refractivity contribution in [3.05, 3.63) is 53.6 Å². The van der Waals surface area contributed by atoms with Crippen molar-refractivity contribution in [2.45, 2.75) is 11.8 Å².